The van der Waals surface area contributed by atoms with Gasteiger partial charge >= 0.3 is 0 Å². The lowest BCUT2D eigenvalue weighted by Gasteiger charge is -2.18. The van der Waals surface area contributed by atoms with Crippen molar-refractivity contribution in [1.82, 2.24) is 5.32 Å². The van der Waals surface area contributed by atoms with E-state index in [-0.39, 0.29) is 11.6 Å². The number of anilines is 2. The number of hydrogen-bond acceptors (Lipinski definition) is 5. The van der Waals surface area contributed by atoms with Crippen molar-refractivity contribution in [3.63, 3.8) is 0 Å². The maximum Gasteiger partial charge on any atom is 0.272 e. The predicted molar refractivity (Wildman–Crippen MR) is 176 cm³/mol. The molecule has 1 aromatic heterocycles. The third-order valence-corrected chi connectivity index (χ3v) is 7.90. The van der Waals surface area contributed by atoms with Crippen LogP contribution in [0.3, 0.4) is 0 Å². The van der Waals surface area contributed by atoms with Crippen LogP contribution in [0.2, 0.25) is 10.0 Å². The van der Waals surface area contributed by atoms with E-state index in [2.05, 4.69) is 16.0 Å². The molecule has 44 heavy (non-hydrogen) atoms. The minimum atomic E-state index is -0.592. The second-order valence-electron chi connectivity index (χ2n) is 9.43. The Morgan fingerprint density at radius 1 is 0.727 bits per heavy atom. The fraction of sp³-hybridized carbons (Fsp3) is 0.0294. The highest BCUT2D eigenvalue weighted by Crippen LogP contribution is 2.37. The first-order valence-corrected chi connectivity index (χ1v) is 15.0. The molecule has 0 radical (unpaired) electrons. The highest BCUT2D eigenvalue weighted by atomic mass is 35.5. The summed E-state index contributed by atoms with van der Waals surface area (Å²) in [5.41, 5.74) is 2.21. The van der Waals surface area contributed by atoms with E-state index in [1.807, 2.05) is 30.3 Å². The van der Waals surface area contributed by atoms with Crippen LogP contribution < -0.4 is 16.0 Å². The van der Waals surface area contributed by atoms with Crippen molar-refractivity contribution in [3.05, 3.63) is 154 Å². The first kappa shape index (κ1) is 30.7. The summed E-state index contributed by atoms with van der Waals surface area (Å²) in [6, 6.07) is 33.2. The van der Waals surface area contributed by atoms with Gasteiger partial charge in [0.2, 0.25) is 5.91 Å². The highest BCUT2D eigenvalue weighted by Gasteiger charge is 2.23. The molecule has 1 unspecified atom stereocenters. The van der Waals surface area contributed by atoms with Crippen molar-refractivity contribution >= 4 is 70.1 Å². The summed E-state index contributed by atoms with van der Waals surface area (Å²) in [7, 11) is 0. The lowest BCUT2D eigenvalue weighted by atomic mass is 10.1. The van der Waals surface area contributed by atoms with Crippen molar-refractivity contribution in [2.45, 2.75) is 10.1 Å². The van der Waals surface area contributed by atoms with Gasteiger partial charge in [-0.2, -0.15) is 0 Å². The van der Waals surface area contributed by atoms with Crippen LogP contribution in [0.25, 0.3) is 6.08 Å². The van der Waals surface area contributed by atoms with Gasteiger partial charge in [-0.25, -0.2) is 0 Å². The third kappa shape index (κ3) is 8.41. The van der Waals surface area contributed by atoms with E-state index in [9.17, 15) is 14.4 Å². The Kier molecular flexibility index (Phi) is 10.2. The molecule has 1 heterocycles. The summed E-state index contributed by atoms with van der Waals surface area (Å²) in [5, 5.41) is 8.62. The second kappa shape index (κ2) is 14.6. The van der Waals surface area contributed by atoms with E-state index in [0.717, 1.165) is 10.5 Å². The molecule has 0 bridgehead atoms. The second-order valence-corrected chi connectivity index (χ2v) is 11.5. The highest BCUT2D eigenvalue weighted by molar-refractivity contribution is 8.00. The molecule has 220 valence electrons. The number of nitrogens with one attached hydrogen (secondary N) is 3. The van der Waals surface area contributed by atoms with Crippen LogP contribution in [-0.4, -0.2) is 17.7 Å². The first-order chi connectivity index (χ1) is 21.3. The molecule has 10 heteroatoms. The van der Waals surface area contributed by atoms with Crippen LogP contribution in [0.5, 0.6) is 0 Å². The number of hydrogen-bond donors (Lipinski definition) is 3. The predicted octanol–water partition coefficient (Wildman–Crippen LogP) is 8.47. The van der Waals surface area contributed by atoms with Gasteiger partial charge in [-0.05, 0) is 72.3 Å². The average molecular weight is 643 g/mol. The van der Waals surface area contributed by atoms with Gasteiger partial charge in [0.25, 0.3) is 11.8 Å². The van der Waals surface area contributed by atoms with Crippen LogP contribution in [0.4, 0.5) is 11.4 Å². The van der Waals surface area contributed by atoms with Gasteiger partial charge in [0.1, 0.15) is 16.7 Å². The molecule has 5 aromatic rings. The third-order valence-electron chi connectivity index (χ3n) is 6.20. The molecule has 3 amide bonds. The summed E-state index contributed by atoms with van der Waals surface area (Å²) in [6.07, 6.45) is 2.93. The van der Waals surface area contributed by atoms with Gasteiger partial charge in [-0.1, -0.05) is 71.7 Å². The maximum atomic E-state index is 13.4. The van der Waals surface area contributed by atoms with Gasteiger partial charge in [-0.15, -0.1) is 11.8 Å². The lowest BCUT2D eigenvalue weighted by Crippen LogP contribution is -2.30. The zero-order valence-corrected chi connectivity index (χ0v) is 25.3. The van der Waals surface area contributed by atoms with Gasteiger partial charge in [0.15, 0.2) is 0 Å². The molecule has 1 atom stereocenters. The van der Waals surface area contributed by atoms with Crippen molar-refractivity contribution in [3.8, 4) is 0 Å². The Bertz CT molecular complexity index is 1760. The van der Waals surface area contributed by atoms with E-state index in [4.69, 9.17) is 27.6 Å². The molecule has 0 saturated carbocycles. The molecule has 0 aliphatic rings. The molecule has 0 aliphatic carbocycles. The van der Waals surface area contributed by atoms with E-state index < -0.39 is 17.1 Å². The largest absolute Gasteiger partial charge is 0.465 e. The summed E-state index contributed by atoms with van der Waals surface area (Å²) >= 11 is 13.6. The molecule has 0 saturated heterocycles. The van der Waals surface area contributed by atoms with Crippen LogP contribution in [-0.2, 0) is 9.59 Å². The molecular weight excluding hydrogens is 617 g/mol. The average Bonchev–Trinajstić information content (AvgIpc) is 3.54. The normalized spacial score (nSPS) is 11.8. The fourth-order valence-corrected chi connectivity index (χ4v) is 5.69. The van der Waals surface area contributed by atoms with E-state index >= 15 is 0 Å². The van der Waals surface area contributed by atoms with Crippen molar-refractivity contribution in [2.24, 2.45) is 0 Å². The molecule has 7 nitrogen and oxygen atoms in total. The van der Waals surface area contributed by atoms with Crippen LogP contribution >= 0.6 is 35.0 Å². The zero-order valence-electron chi connectivity index (χ0n) is 23.0. The number of benzene rings is 4. The minimum absolute atomic E-state index is 0.00851. The first-order valence-electron chi connectivity index (χ1n) is 13.4. The number of furan rings is 1. The van der Waals surface area contributed by atoms with E-state index in [1.165, 1.54) is 24.1 Å². The van der Waals surface area contributed by atoms with Gasteiger partial charge in [-0.3, -0.25) is 14.4 Å². The summed E-state index contributed by atoms with van der Waals surface area (Å²) < 4.78 is 5.35. The maximum absolute atomic E-state index is 13.4. The molecular formula is C34H25Cl2N3O4S. The standard InChI is InChI=1S/C34H25Cl2N3O4S/c35-24-18-25(36)20-27(19-24)38-34(42)31(22-8-3-1-4-9-22)44-29-15-13-26(14-16-29)37-33(41)30(21-28-12-7-17-43-28)39-32(40)23-10-5-2-6-11-23/h1-21,31H,(H,37,41)(H,38,42)(H,39,40)/b30-21-. The van der Waals surface area contributed by atoms with E-state index in [1.54, 1.807) is 84.9 Å². The van der Waals surface area contributed by atoms with Gasteiger partial charge < -0.3 is 20.4 Å². The SMILES string of the molecule is O=C(Nc1ccc(SC(C(=O)Nc2cc(Cl)cc(Cl)c2)c2ccccc2)cc1)/C(=C/c1ccco1)NC(=O)c1ccccc1. The Labute approximate surface area is 268 Å². The summed E-state index contributed by atoms with van der Waals surface area (Å²) in [5.74, 6) is -0.817. The number of halogens is 2. The number of carbonyl (C=O) groups excluding carboxylic acids is 3. The molecule has 0 spiro atoms. The number of amides is 3. The Morgan fingerprint density at radius 3 is 2.02 bits per heavy atom. The fourth-order valence-electron chi connectivity index (χ4n) is 4.14. The van der Waals surface area contributed by atoms with Crippen molar-refractivity contribution in [2.75, 3.05) is 10.6 Å². The lowest BCUT2D eigenvalue weighted by molar-refractivity contribution is -0.116. The van der Waals surface area contributed by atoms with Crippen LogP contribution in [0, 0.1) is 0 Å². The zero-order chi connectivity index (χ0) is 30.9. The number of rotatable bonds is 10. The molecule has 0 fully saturated rings. The Balaban J connectivity index is 1.31. The van der Waals surface area contributed by atoms with Gasteiger partial charge in [0, 0.05) is 38.0 Å². The van der Waals surface area contributed by atoms with Crippen LogP contribution in [0.1, 0.15) is 26.9 Å². The Hall–Kier alpha value is -4.76. The van der Waals surface area contributed by atoms with Crippen molar-refractivity contribution < 1.29 is 18.8 Å². The quantitative estimate of drug-likeness (QED) is 0.105. The van der Waals surface area contributed by atoms with Gasteiger partial charge in [0.05, 0.1) is 6.26 Å². The number of thioether (sulfide) groups is 1. The summed E-state index contributed by atoms with van der Waals surface area (Å²) in [4.78, 5) is 40.3. The monoisotopic (exact) mass is 641 g/mol. The van der Waals surface area contributed by atoms with Crippen molar-refractivity contribution in [1.29, 1.82) is 0 Å². The number of carbonyl (C=O) groups is 3. The topological polar surface area (TPSA) is 100 Å². The molecule has 5 rings (SSSR count). The molecule has 4 aromatic carbocycles. The van der Waals surface area contributed by atoms with Crippen LogP contribution in [0.15, 0.2) is 137 Å². The smallest absolute Gasteiger partial charge is 0.272 e. The molecule has 0 aliphatic heterocycles. The summed E-state index contributed by atoms with van der Waals surface area (Å²) in [6.45, 7) is 0. The Morgan fingerprint density at radius 2 is 1.39 bits per heavy atom. The molecule has 3 N–H and O–H groups in total. The van der Waals surface area contributed by atoms with E-state index in [0.29, 0.717) is 32.7 Å². The minimum Gasteiger partial charge on any atom is -0.465 e.